The summed E-state index contributed by atoms with van der Waals surface area (Å²) in [5, 5.41) is 8.83. The van der Waals surface area contributed by atoms with Crippen molar-refractivity contribution in [1.29, 1.82) is 0 Å². The van der Waals surface area contributed by atoms with Crippen LogP contribution < -0.4 is 0 Å². The SMILES string of the molecule is O=C(O)Cc1ncc(CBr)c(C(F)F)c1Br. The molecule has 1 heterocycles. The highest BCUT2D eigenvalue weighted by atomic mass is 79.9. The van der Waals surface area contributed by atoms with Crippen LogP contribution in [0.5, 0.6) is 0 Å². The van der Waals surface area contributed by atoms with Gasteiger partial charge in [-0.15, -0.1) is 0 Å². The fraction of sp³-hybridized carbons (Fsp3) is 0.333. The van der Waals surface area contributed by atoms with Gasteiger partial charge in [0.1, 0.15) is 0 Å². The van der Waals surface area contributed by atoms with Gasteiger partial charge in [0.15, 0.2) is 0 Å². The molecule has 0 amide bonds. The Morgan fingerprint density at radius 3 is 2.62 bits per heavy atom. The molecule has 0 radical (unpaired) electrons. The van der Waals surface area contributed by atoms with E-state index >= 15 is 0 Å². The molecule has 88 valence electrons. The molecule has 0 aromatic carbocycles. The monoisotopic (exact) mass is 357 g/mol. The average molecular weight is 359 g/mol. The van der Waals surface area contributed by atoms with Crippen molar-refractivity contribution in [2.75, 3.05) is 0 Å². The van der Waals surface area contributed by atoms with Crippen molar-refractivity contribution in [1.82, 2.24) is 4.98 Å². The molecule has 0 atom stereocenters. The lowest BCUT2D eigenvalue weighted by atomic mass is 10.1. The normalized spacial score (nSPS) is 10.8. The van der Waals surface area contributed by atoms with Gasteiger partial charge in [0.25, 0.3) is 6.43 Å². The van der Waals surface area contributed by atoms with E-state index in [9.17, 15) is 13.6 Å². The Bertz CT molecular complexity index is 413. The Hall–Kier alpha value is -0.560. The fourth-order valence-electron chi connectivity index (χ4n) is 1.19. The summed E-state index contributed by atoms with van der Waals surface area (Å²) >= 11 is 6.05. The zero-order chi connectivity index (χ0) is 12.3. The molecular formula is C9H7Br2F2NO2. The van der Waals surface area contributed by atoms with Crippen molar-refractivity contribution in [3.63, 3.8) is 0 Å². The number of hydrogen-bond donors (Lipinski definition) is 1. The van der Waals surface area contributed by atoms with Crippen molar-refractivity contribution >= 4 is 37.8 Å². The van der Waals surface area contributed by atoms with Crippen LogP contribution in [-0.4, -0.2) is 16.1 Å². The molecule has 1 aromatic rings. The second kappa shape index (κ2) is 5.67. The molecule has 0 aliphatic heterocycles. The van der Waals surface area contributed by atoms with Crippen LogP contribution in [0.1, 0.15) is 23.2 Å². The van der Waals surface area contributed by atoms with Gasteiger partial charge in [0.2, 0.25) is 0 Å². The molecular weight excluding hydrogens is 352 g/mol. The maximum atomic E-state index is 12.8. The van der Waals surface area contributed by atoms with E-state index in [4.69, 9.17) is 5.11 Å². The number of pyridine rings is 1. The Morgan fingerprint density at radius 1 is 1.56 bits per heavy atom. The second-order valence-corrected chi connectivity index (χ2v) is 4.32. The minimum Gasteiger partial charge on any atom is -0.481 e. The van der Waals surface area contributed by atoms with Crippen LogP contribution in [0.4, 0.5) is 8.78 Å². The van der Waals surface area contributed by atoms with Crippen molar-refractivity contribution in [2.24, 2.45) is 0 Å². The van der Waals surface area contributed by atoms with E-state index in [-0.39, 0.29) is 27.5 Å². The van der Waals surface area contributed by atoms with Crippen molar-refractivity contribution in [3.05, 3.63) is 27.5 Å². The van der Waals surface area contributed by atoms with Gasteiger partial charge in [-0.05, 0) is 21.5 Å². The Labute approximate surface area is 107 Å². The molecule has 0 aliphatic carbocycles. The third-order valence-electron chi connectivity index (χ3n) is 1.89. The molecule has 0 unspecified atom stereocenters. The van der Waals surface area contributed by atoms with Crippen LogP contribution >= 0.6 is 31.9 Å². The van der Waals surface area contributed by atoms with E-state index in [0.29, 0.717) is 5.56 Å². The number of aliphatic carboxylic acids is 1. The quantitative estimate of drug-likeness (QED) is 0.840. The number of hydrogen-bond acceptors (Lipinski definition) is 2. The number of aromatic nitrogens is 1. The van der Waals surface area contributed by atoms with Gasteiger partial charge in [-0.25, -0.2) is 8.78 Å². The molecule has 1 N–H and O–H groups in total. The van der Waals surface area contributed by atoms with Crippen molar-refractivity contribution in [3.8, 4) is 0 Å². The van der Waals surface area contributed by atoms with Gasteiger partial charge in [0, 0.05) is 21.6 Å². The number of carboxylic acids is 1. The van der Waals surface area contributed by atoms with Crippen molar-refractivity contribution in [2.45, 2.75) is 18.2 Å². The summed E-state index contributed by atoms with van der Waals surface area (Å²) in [6.45, 7) is 0. The number of nitrogens with zero attached hydrogens (tertiary/aromatic N) is 1. The molecule has 0 spiro atoms. The summed E-state index contributed by atoms with van der Waals surface area (Å²) in [6, 6.07) is 0. The molecule has 1 aromatic heterocycles. The van der Waals surface area contributed by atoms with Crippen LogP contribution in [0.3, 0.4) is 0 Å². The van der Waals surface area contributed by atoms with Gasteiger partial charge < -0.3 is 5.11 Å². The third-order valence-corrected chi connectivity index (χ3v) is 3.38. The lowest BCUT2D eigenvalue weighted by molar-refractivity contribution is -0.136. The largest absolute Gasteiger partial charge is 0.481 e. The molecule has 0 saturated heterocycles. The molecule has 7 heteroatoms. The van der Waals surface area contributed by atoms with E-state index in [1.165, 1.54) is 6.20 Å². The Kier molecular flexibility index (Phi) is 4.79. The van der Waals surface area contributed by atoms with Crippen LogP contribution in [-0.2, 0) is 16.5 Å². The van der Waals surface area contributed by atoms with E-state index in [2.05, 4.69) is 36.8 Å². The van der Waals surface area contributed by atoms with Crippen molar-refractivity contribution < 1.29 is 18.7 Å². The minimum absolute atomic E-state index is 0.0712. The van der Waals surface area contributed by atoms with Gasteiger partial charge in [0.05, 0.1) is 12.1 Å². The highest BCUT2D eigenvalue weighted by Gasteiger charge is 2.20. The minimum atomic E-state index is -2.67. The zero-order valence-electron chi connectivity index (χ0n) is 7.88. The highest BCUT2D eigenvalue weighted by molar-refractivity contribution is 9.10. The molecule has 3 nitrogen and oxygen atoms in total. The second-order valence-electron chi connectivity index (χ2n) is 2.96. The summed E-state index contributed by atoms with van der Waals surface area (Å²) in [5.74, 6) is -1.11. The summed E-state index contributed by atoms with van der Waals surface area (Å²) in [7, 11) is 0. The Morgan fingerprint density at radius 2 is 2.19 bits per heavy atom. The first kappa shape index (κ1) is 13.5. The standard InChI is InChI=1S/C9H7Br2F2NO2/c10-2-4-3-14-5(1-6(15)16)8(11)7(4)9(12)13/h3,9H,1-2H2,(H,15,16). The molecule has 1 rings (SSSR count). The van der Waals surface area contributed by atoms with Gasteiger partial charge >= 0.3 is 5.97 Å². The summed E-state index contributed by atoms with van der Waals surface area (Å²) in [4.78, 5) is 14.3. The molecule has 16 heavy (non-hydrogen) atoms. The van der Waals surface area contributed by atoms with Gasteiger partial charge in [-0.2, -0.15) is 0 Å². The number of rotatable bonds is 4. The van der Waals surface area contributed by atoms with E-state index in [1.54, 1.807) is 0 Å². The fourth-order valence-corrected chi connectivity index (χ4v) is 2.30. The molecule has 0 aliphatic rings. The summed E-state index contributed by atoms with van der Waals surface area (Å²) in [6.07, 6.45) is -1.79. The molecule has 0 bridgehead atoms. The lowest BCUT2D eigenvalue weighted by Crippen LogP contribution is -2.07. The summed E-state index contributed by atoms with van der Waals surface area (Å²) < 4.78 is 25.6. The number of carbonyl (C=O) groups is 1. The number of carboxylic acid groups (broad SMARTS) is 1. The van der Waals surface area contributed by atoms with E-state index in [1.807, 2.05) is 0 Å². The average Bonchev–Trinajstić information content (AvgIpc) is 2.19. The smallest absolute Gasteiger partial charge is 0.309 e. The number of alkyl halides is 3. The Balaban J connectivity index is 3.26. The first-order chi connectivity index (χ1) is 7.47. The van der Waals surface area contributed by atoms with Gasteiger partial charge in [-0.1, -0.05) is 15.9 Å². The molecule has 0 fully saturated rings. The predicted molar refractivity (Wildman–Crippen MR) is 60.9 cm³/mol. The third kappa shape index (κ3) is 2.98. The molecule has 0 saturated carbocycles. The predicted octanol–water partition coefficient (Wildman–Crippen LogP) is 3.30. The van der Waals surface area contributed by atoms with Gasteiger partial charge in [-0.3, -0.25) is 9.78 Å². The maximum Gasteiger partial charge on any atom is 0.309 e. The van der Waals surface area contributed by atoms with Crippen LogP contribution in [0.2, 0.25) is 0 Å². The highest BCUT2D eigenvalue weighted by Crippen LogP contribution is 2.33. The summed E-state index contributed by atoms with van der Waals surface area (Å²) in [5.41, 5.74) is 0.242. The lowest BCUT2D eigenvalue weighted by Gasteiger charge is -2.11. The first-order valence-electron chi connectivity index (χ1n) is 4.19. The van der Waals surface area contributed by atoms with Crippen LogP contribution in [0.25, 0.3) is 0 Å². The van der Waals surface area contributed by atoms with E-state index < -0.39 is 12.4 Å². The van der Waals surface area contributed by atoms with E-state index in [0.717, 1.165) is 0 Å². The van der Waals surface area contributed by atoms with Crippen LogP contribution in [0, 0.1) is 0 Å². The first-order valence-corrected chi connectivity index (χ1v) is 6.10. The maximum absolute atomic E-state index is 12.8. The number of halogens is 4. The topological polar surface area (TPSA) is 50.2 Å². The zero-order valence-corrected chi connectivity index (χ0v) is 11.1. The van der Waals surface area contributed by atoms with Crippen LogP contribution in [0.15, 0.2) is 10.7 Å².